The molecule has 17 heavy (non-hydrogen) atoms. The molecule has 0 bridgehead atoms. The first kappa shape index (κ1) is 11.2. The normalized spacial score (nSPS) is 10.1. The van der Waals surface area contributed by atoms with E-state index in [4.69, 9.17) is 10.00 Å². The SMILES string of the molecule is C=CCn1c(CC#N)nc2cc(OC)ccc21. The fourth-order valence-electron chi connectivity index (χ4n) is 1.82. The van der Waals surface area contributed by atoms with Crippen LogP contribution >= 0.6 is 0 Å². The minimum absolute atomic E-state index is 0.296. The summed E-state index contributed by atoms with van der Waals surface area (Å²) in [4.78, 5) is 4.44. The monoisotopic (exact) mass is 227 g/mol. The second-order valence-corrected chi connectivity index (χ2v) is 3.62. The third-order valence-corrected chi connectivity index (χ3v) is 2.58. The van der Waals surface area contributed by atoms with Crippen molar-refractivity contribution < 1.29 is 4.74 Å². The number of aromatic nitrogens is 2. The van der Waals surface area contributed by atoms with Gasteiger partial charge in [0.05, 0.1) is 30.6 Å². The summed E-state index contributed by atoms with van der Waals surface area (Å²) < 4.78 is 7.15. The lowest BCUT2D eigenvalue weighted by Crippen LogP contribution is -2.01. The average Bonchev–Trinajstić information content (AvgIpc) is 2.68. The smallest absolute Gasteiger partial charge is 0.124 e. The van der Waals surface area contributed by atoms with E-state index < -0.39 is 0 Å². The summed E-state index contributed by atoms with van der Waals surface area (Å²) in [7, 11) is 1.62. The Morgan fingerprint density at radius 3 is 3.06 bits per heavy atom. The highest BCUT2D eigenvalue weighted by molar-refractivity contribution is 5.78. The van der Waals surface area contributed by atoms with Crippen molar-refractivity contribution in [3.8, 4) is 11.8 Å². The molecule has 0 fully saturated rings. The molecule has 0 saturated heterocycles. The van der Waals surface area contributed by atoms with Gasteiger partial charge in [-0.2, -0.15) is 5.26 Å². The van der Waals surface area contributed by atoms with Gasteiger partial charge in [-0.15, -0.1) is 6.58 Å². The van der Waals surface area contributed by atoms with Gasteiger partial charge in [-0.1, -0.05) is 6.08 Å². The zero-order valence-corrected chi connectivity index (χ0v) is 9.68. The lowest BCUT2D eigenvalue weighted by Gasteiger charge is -2.03. The summed E-state index contributed by atoms with van der Waals surface area (Å²) in [5.41, 5.74) is 1.84. The summed E-state index contributed by atoms with van der Waals surface area (Å²) in [6, 6.07) is 7.83. The molecule has 1 heterocycles. The van der Waals surface area contributed by atoms with Crippen LogP contribution < -0.4 is 4.74 Å². The van der Waals surface area contributed by atoms with Crippen LogP contribution in [0.15, 0.2) is 30.9 Å². The molecule has 4 heteroatoms. The Bertz CT molecular complexity index is 592. The number of imidazole rings is 1. The molecule has 0 amide bonds. The molecular formula is C13H13N3O. The molecule has 1 aromatic heterocycles. The van der Waals surface area contributed by atoms with Gasteiger partial charge < -0.3 is 9.30 Å². The summed E-state index contributed by atoms with van der Waals surface area (Å²) in [5, 5.41) is 8.78. The van der Waals surface area contributed by atoms with Crippen molar-refractivity contribution >= 4 is 11.0 Å². The third kappa shape index (κ3) is 2.00. The van der Waals surface area contributed by atoms with Crippen molar-refractivity contribution in [1.82, 2.24) is 9.55 Å². The number of nitriles is 1. The lowest BCUT2D eigenvalue weighted by atomic mass is 10.3. The molecule has 0 aliphatic rings. The molecule has 0 unspecified atom stereocenters. The van der Waals surface area contributed by atoms with Crippen molar-refractivity contribution in [3.63, 3.8) is 0 Å². The Morgan fingerprint density at radius 2 is 2.41 bits per heavy atom. The first-order valence-electron chi connectivity index (χ1n) is 5.31. The van der Waals surface area contributed by atoms with Crippen LogP contribution in [-0.4, -0.2) is 16.7 Å². The molecule has 86 valence electrons. The lowest BCUT2D eigenvalue weighted by molar-refractivity contribution is 0.415. The van der Waals surface area contributed by atoms with Crippen molar-refractivity contribution in [2.45, 2.75) is 13.0 Å². The second-order valence-electron chi connectivity index (χ2n) is 3.62. The highest BCUT2D eigenvalue weighted by Crippen LogP contribution is 2.22. The van der Waals surface area contributed by atoms with E-state index in [1.165, 1.54) is 0 Å². The number of hydrogen-bond donors (Lipinski definition) is 0. The molecule has 0 aliphatic carbocycles. The van der Waals surface area contributed by atoms with Gasteiger partial charge in [-0.25, -0.2) is 4.98 Å². The van der Waals surface area contributed by atoms with E-state index >= 15 is 0 Å². The largest absolute Gasteiger partial charge is 0.497 e. The van der Waals surface area contributed by atoms with Crippen LogP contribution in [0.25, 0.3) is 11.0 Å². The number of fused-ring (bicyclic) bond motifs is 1. The molecule has 0 spiro atoms. The van der Waals surface area contributed by atoms with Gasteiger partial charge in [-0.05, 0) is 12.1 Å². The Hall–Kier alpha value is -2.28. The third-order valence-electron chi connectivity index (χ3n) is 2.58. The van der Waals surface area contributed by atoms with E-state index in [2.05, 4.69) is 17.6 Å². The standard InChI is InChI=1S/C13H13N3O/c1-3-8-16-12-5-4-10(17-2)9-11(12)15-13(16)6-7-14/h3-5,9H,1,6,8H2,2H3. The van der Waals surface area contributed by atoms with Crippen LogP contribution in [0, 0.1) is 11.3 Å². The summed E-state index contributed by atoms with van der Waals surface area (Å²) in [6.07, 6.45) is 2.09. The van der Waals surface area contributed by atoms with Gasteiger partial charge in [0.15, 0.2) is 0 Å². The molecule has 0 saturated carbocycles. The minimum atomic E-state index is 0.296. The zero-order chi connectivity index (χ0) is 12.3. The Kier molecular flexibility index (Phi) is 3.10. The van der Waals surface area contributed by atoms with Crippen LogP contribution in [0.4, 0.5) is 0 Å². The number of hydrogen-bond acceptors (Lipinski definition) is 3. The fraction of sp³-hybridized carbons (Fsp3) is 0.231. The van der Waals surface area contributed by atoms with E-state index in [0.717, 1.165) is 22.6 Å². The topological polar surface area (TPSA) is 50.8 Å². The maximum absolute atomic E-state index is 8.78. The van der Waals surface area contributed by atoms with E-state index in [0.29, 0.717) is 13.0 Å². The number of allylic oxidation sites excluding steroid dienone is 1. The number of methoxy groups -OCH3 is 1. The van der Waals surface area contributed by atoms with Gasteiger partial charge in [0, 0.05) is 12.6 Å². The molecule has 0 radical (unpaired) electrons. The minimum Gasteiger partial charge on any atom is -0.497 e. The van der Waals surface area contributed by atoms with E-state index in [1.54, 1.807) is 13.2 Å². The van der Waals surface area contributed by atoms with Gasteiger partial charge in [-0.3, -0.25) is 0 Å². The molecule has 4 nitrogen and oxygen atoms in total. The molecule has 2 aromatic rings. The summed E-state index contributed by atoms with van der Waals surface area (Å²) in [6.45, 7) is 4.37. The van der Waals surface area contributed by atoms with Gasteiger partial charge in [0.25, 0.3) is 0 Å². The predicted molar refractivity (Wildman–Crippen MR) is 65.8 cm³/mol. The molecule has 0 atom stereocenters. The average molecular weight is 227 g/mol. The molecule has 2 rings (SSSR count). The van der Waals surface area contributed by atoms with Crippen molar-refractivity contribution in [3.05, 3.63) is 36.7 Å². The molecule has 0 aliphatic heterocycles. The fourth-order valence-corrected chi connectivity index (χ4v) is 1.82. The van der Waals surface area contributed by atoms with E-state index in [-0.39, 0.29) is 0 Å². The van der Waals surface area contributed by atoms with Crippen LogP contribution in [-0.2, 0) is 13.0 Å². The quantitative estimate of drug-likeness (QED) is 0.753. The van der Waals surface area contributed by atoms with Gasteiger partial charge in [0.1, 0.15) is 11.6 Å². The van der Waals surface area contributed by atoms with Crippen LogP contribution in [0.1, 0.15) is 5.82 Å². The Labute approximate surface area is 99.8 Å². The van der Waals surface area contributed by atoms with Crippen molar-refractivity contribution in [2.75, 3.05) is 7.11 Å². The maximum Gasteiger partial charge on any atom is 0.124 e. The molecular weight excluding hydrogens is 214 g/mol. The van der Waals surface area contributed by atoms with Crippen LogP contribution in [0.2, 0.25) is 0 Å². The van der Waals surface area contributed by atoms with Crippen molar-refractivity contribution in [1.29, 1.82) is 5.26 Å². The van der Waals surface area contributed by atoms with Gasteiger partial charge >= 0.3 is 0 Å². The molecule has 1 aromatic carbocycles. The number of rotatable bonds is 4. The predicted octanol–water partition coefficient (Wildman–Crippen LogP) is 2.30. The number of nitrogens with zero attached hydrogens (tertiary/aromatic N) is 3. The van der Waals surface area contributed by atoms with Crippen LogP contribution in [0.3, 0.4) is 0 Å². The zero-order valence-electron chi connectivity index (χ0n) is 9.68. The van der Waals surface area contributed by atoms with E-state index in [9.17, 15) is 0 Å². The second kappa shape index (κ2) is 4.71. The number of benzene rings is 1. The van der Waals surface area contributed by atoms with Crippen LogP contribution in [0.5, 0.6) is 5.75 Å². The van der Waals surface area contributed by atoms with Crippen molar-refractivity contribution in [2.24, 2.45) is 0 Å². The Morgan fingerprint density at radius 1 is 1.59 bits per heavy atom. The highest BCUT2D eigenvalue weighted by Gasteiger charge is 2.09. The highest BCUT2D eigenvalue weighted by atomic mass is 16.5. The summed E-state index contributed by atoms with van der Waals surface area (Å²) in [5.74, 6) is 1.53. The first-order valence-corrected chi connectivity index (χ1v) is 5.31. The van der Waals surface area contributed by atoms with E-state index in [1.807, 2.05) is 22.8 Å². The van der Waals surface area contributed by atoms with Gasteiger partial charge in [0.2, 0.25) is 0 Å². The maximum atomic E-state index is 8.78. The Balaban J connectivity index is 2.61. The summed E-state index contributed by atoms with van der Waals surface area (Å²) >= 11 is 0. The first-order chi connectivity index (χ1) is 8.30. The molecule has 0 N–H and O–H groups in total. The number of ether oxygens (including phenoxy) is 1.